The zero-order chi connectivity index (χ0) is 22.5. The zero-order valence-corrected chi connectivity index (χ0v) is 18.4. The number of rotatable bonds is 5. The van der Waals surface area contributed by atoms with Gasteiger partial charge in [-0.2, -0.15) is 5.26 Å². The van der Waals surface area contributed by atoms with Crippen LogP contribution in [0.1, 0.15) is 36.5 Å². The first kappa shape index (κ1) is 20.7. The highest BCUT2D eigenvalue weighted by Gasteiger charge is 2.18. The lowest BCUT2D eigenvalue weighted by atomic mass is 10.1. The number of aryl methyl sites for hydroxylation is 1. The molecule has 1 aromatic heterocycles. The third-order valence-electron chi connectivity index (χ3n) is 5.96. The van der Waals surface area contributed by atoms with Crippen LogP contribution in [-0.4, -0.2) is 14.8 Å². The number of nitrogens with zero attached hydrogens (tertiary/aromatic N) is 5. The second-order valence-corrected chi connectivity index (χ2v) is 8.17. The molecule has 5 nitrogen and oxygen atoms in total. The van der Waals surface area contributed by atoms with Gasteiger partial charge in [-0.3, -0.25) is 0 Å². The van der Waals surface area contributed by atoms with Crippen molar-refractivity contribution < 1.29 is 0 Å². The minimum atomic E-state index is 0.548. The normalized spacial score (nSPS) is 13.6. The zero-order valence-electron chi connectivity index (χ0n) is 18.4. The van der Waals surface area contributed by atoms with E-state index in [9.17, 15) is 5.26 Å². The maximum Gasteiger partial charge on any atom is 0.174 e. The molecule has 0 spiro atoms. The fourth-order valence-corrected chi connectivity index (χ4v) is 4.32. The van der Waals surface area contributed by atoms with Crippen molar-refractivity contribution in [1.82, 2.24) is 14.8 Å². The molecule has 0 radical (unpaired) electrons. The highest BCUT2D eigenvalue weighted by molar-refractivity contribution is 5.87. The SMILES string of the molecule is N#CC(=Cc1ccc(N(c2ccccc2)c2ccccc2)cc1)c1nnc2n1CCCCC2. The number of nitriles is 1. The fraction of sp³-hybridized carbons (Fsp3) is 0.179. The Balaban J connectivity index is 1.48. The van der Waals surface area contributed by atoms with E-state index in [0.29, 0.717) is 11.4 Å². The number of aromatic nitrogens is 3. The maximum atomic E-state index is 9.86. The van der Waals surface area contributed by atoms with Crippen LogP contribution in [-0.2, 0) is 13.0 Å². The van der Waals surface area contributed by atoms with Gasteiger partial charge in [0, 0.05) is 30.0 Å². The third kappa shape index (κ3) is 4.42. The smallest absolute Gasteiger partial charge is 0.174 e. The molecule has 2 heterocycles. The molecule has 3 aromatic carbocycles. The summed E-state index contributed by atoms with van der Waals surface area (Å²) >= 11 is 0. The first-order valence-corrected chi connectivity index (χ1v) is 11.4. The van der Waals surface area contributed by atoms with Crippen molar-refractivity contribution in [1.29, 1.82) is 5.26 Å². The van der Waals surface area contributed by atoms with Gasteiger partial charge >= 0.3 is 0 Å². The molecular weight excluding hydrogens is 406 g/mol. The van der Waals surface area contributed by atoms with Crippen LogP contribution < -0.4 is 4.90 Å². The van der Waals surface area contributed by atoms with Crippen LogP contribution in [0.15, 0.2) is 84.9 Å². The summed E-state index contributed by atoms with van der Waals surface area (Å²) in [6, 6.07) is 31.2. The monoisotopic (exact) mass is 431 g/mol. The summed E-state index contributed by atoms with van der Waals surface area (Å²) < 4.78 is 2.11. The van der Waals surface area contributed by atoms with Gasteiger partial charge in [0.05, 0.1) is 5.57 Å². The van der Waals surface area contributed by atoms with Gasteiger partial charge in [0.25, 0.3) is 0 Å². The Morgan fingerprint density at radius 2 is 1.42 bits per heavy atom. The van der Waals surface area contributed by atoms with E-state index in [-0.39, 0.29) is 0 Å². The van der Waals surface area contributed by atoms with E-state index in [1.54, 1.807) is 0 Å². The van der Waals surface area contributed by atoms with Gasteiger partial charge in [0.2, 0.25) is 0 Å². The summed E-state index contributed by atoms with van der Waals surface area (Å²) in [6.45, 7) is 0.874. The first-order chi connectivity index (χ1) is 16.3. The van der Waals surface area contributed by atoms with Crippen LogP contribution in [0.4, 0.5) is 17.1 Å². The molecule has 4 aromatic rings. The number of allylic oxidation sites excluding steroid dienone is 1. The van der Waals surface area contributed by atoms with E-state index in [0.717, 1.165) is 54.3 Å². The molecule has 0 aliphatic carbocycles. The average molecular weight is 432 g/mol. The molecule has 0 N–H and O–H groups in total. The first-order valence-electron chi connectivity index (χ1n) is 11.4. The summed E-state index contributed by atoms with van der Waals surface area (Å²) in [5.41, 5.74) is 4.75. The molecule has 0 atom stereocenters. The van der Waals surface area contributed by atoms with Gasteiger partial charge in [-0.1, -0.05) is 55.0 Å². The van der Waals surface area contributed by atoms with E-state index in [2.05, 4.69) is 62.1 Å². The Hall–Kier alpha value is -4.17. The van der Waals surface area contributed by atoms with Gasteiger partial charge in [-0.25, -0.2) is 0 Å². The average Bonchev–Trinajstić information content (AvgIpc) is 3.12. The predicted octanol–water partition coefficient (Wildman–Crippen LogP) is 6.54. The van der Waals surface area contributed by atoms with E-state index in [1.807, 2.05) is 54.6 Å². The van der Waals surface area contributed by atoms with Crippen molar-refractivity contribution >= 4 is 28.7 Å². The molecule has 1 aliphatic rings. The Morgan fingerprint density at radius 3 is 2.06 bits per heavy atom. The van der Waals surface area contributed by atoms with Crippen molar-refractivity contribution in [2.75, 3.05) is 4.90 Å². The van der Waals surface area contributed by atoms with Crippen molar-refractivity contribution in [3.8, 4) is 6.07 Å². The molecule has 162 valence electrons. The number of fused-ring (bicyclic) bond motifs is 1. The summed E-state index contributed by atoms with van der Waals surface area (Å²) in [5.74, 6) is 1.66. The summed E-state index contributed by atoms with van der Waals surface area (Å²) in [5, 5.41) is 18.6. The van der Waals surface area contributed by atoms with Crippen molar-refractivity contribution in [3.63, 3.8) is 0 Å². The standard InChI is InChI=1S/C28H25N5/c29-21-23(28-31-30-27-14-8-3-9-19-32(27)28)20-22-15-17-26(18-16-22)33(24-10-4-1-5-11-24)25-12-6-2-7-13-25/h1-2,4-7,10-13,15-18,20H,3,8-9,14,19H2. The largest absolute Gasteiger partial charge is 0.311 e. The number of para-hydroxylation sites is 2. The van der Waals surface area contributed by atoms with Crippen molar-refractivity contribution in [2.24, 2.45) is 0 Å². The van der Waals surface area contributed by atoms with Crippen LogP contribution in [0, 0.1) is 11.3 Å². The second kappa shape index (κ2) is 9.54. The summed E-state index contributed by atoms with van der Waals surface area (Å²) in [4.78, 5) is 2.22. The maximum absolute atomic E-state index is 9.86. The van der Waals surface area contributed by atoms with Gasteiger partial charge in [0.15, 0.2) is 5.82 Å². The Bertz CT molecular complexity index is 1240. The predicted molar refractivity (Wildman–Crippen MR) is 132 cm³/mol. The number of benzene rings is 3. The lowest BCUT2D eigenvalue weighted by molar-refractivity contribution is 0.627. The topological polar surface area (TPSA) is 57.7 Å². The minimum Gasteiger partial charge on any atom is -0.311 e. The van der Waals surface area contributed by atoms with Crippen LogP contribution >= 0.6 is 0 Å². The molecule has 0 fully saturated rings. The second-order valence-electron chi connectivity index (χ2n) is 8.17. The van der Waals surface area contributed by atoms with E-state index >= 15 is 0 Å². The Morgan fingerprint density at radius 1 is 0.788 bits per heavy atom. The number of hydrogen-bond donors (Lipinski definition) is 0. The van der Waals surface area contributed by atoms with E-state index in [4.69, 9.17) is 0 Å². The third-order valence-corrected chi connectivity index (χ3v) is 5.96. The van der Waals surface area contributed by atoms with Gasteiger partial charge in [-0.05, 0) is 60.9 Å². The molecule has 0 saturated carbocycles. The van der Waals surface area contributed by atoms with E-state index in [1.165, 1.54) is 6.42 Å². The molecule has 0 saturated heterocycles. The molecule has 33 heavy (non-hydrogen) atoms. The van der Waals surface area contributed by atoms with Gasteiger partial charge in [0.1, 0.15) is 11.9 Å². The molecule has 1 aliphatic heterocycles. The lowest BCUT2D eigenvalue weighted by Crippen LogP contribution is -2.09. The number of hydrogen-bond acceptors (Lipinski definition) is 4. The molecule has 5 heteroatoms. The van der Waals surface area contributed by atoms with Crippen molar-refractivity contribution in [3.05, 3.63) is 102 Å². The quantitative estimate of drug-likeness (QED) is 0.337. The Labute approximate surface area is 194 Å². The van der Waals surface area contributed by atoms with Crippen LogP contribution in [0.3, 0.4) is 0 Å². The fourth-order valence-electron chi connectivity index (χ4n) is 4.32. The Kier molecular flexibility index (Phi) is 5.99. The highest BCUT2D eigenvalue weighted by Crippen LogP contribution is 2.34. The molecule has 0 unspecified atom stereocenters. The molecule has 0 amide bonds. The summed E-state index contributed by atoms with van der Waals surface area (Å²) in [7, 11) is 0. The van der Waals surface area contributed by atoms with Crippen LogP contribution in [0.25, 0.3) is 11.6 Å². The molecular formula is C28H25N5. The van der Waals surface area contributed by atoms with Gasteiger partial charge < -0.3 is 9.47 Å². The molecule has 5 rings (SSSR count). The minimum absolute atomic E-state index is 0.548. The van der Waals surface area contributed by atoms with Crippen LogP contribution in [0.2, 0.25) is 0 Å². The summed E-state index contributed by atoms with van der Waals surface area (Å²) in [6.07, 6.45) is 6.25. The van der Waals surface area contributed by atoms with E-state index < -0.39 is 0 Å². The lowest BCUT2D eigenvalue weighted by Gasteiger charge is -2.25. The number of anilines is 3. The van der Waals surface area contributed by atoms with Crippen molar-refractivity contribution in [2.45, 2.75) is 32.2 Å². The molecule has 0 bridgehead atoms. The van der Waals surface area contributed by atoms with Crippen LogP contribution in [0.5, 0.6) is 0 Å². The highest BCUT2D eigenvalue weighted by atomic mass is 15.3. The van der Waals surface area contributed by atoms with Gasteiger partial charge in [-0.15, -0.1) is 10.2 Å².